The molecule has 0 radical (unpaired) electrons. The molecular weight excluding hydrogens is 440 g/mol. The molecule has 0 aliphatic carbocycles. The minimum atomic E-state index is -0.430. The first-order valence-corrected chi connectivity index (χ1v) is 9.46. The van der Waals surface area contributed by atoms with Crippen molar-refractivity contribution in [1.29, 1.82) is 0 Å². The van der Waals surface area contributed by atoms with Crippen molar-refractivity contribution in [3.63, 3.8) is 0 Å². The molecule has 1 aliphatic rings. The van der Waals surface area contributed by atoms with Gasteiger partial charge < -0.3 is 10.6 Å². The summed E-state index contributed by atoms with van der Waals surface area (Å²) in [6.07, 6.45) is 5.46. The minimum absolute atomic E-state index is 0. The van der Waals surface area contributed by atoms with Crippen LogP contribution in [0.1, 0.15) is 30.0 Å². The molecule has 0 saturated carbocycles. The highest BCUT2D eigenvalue weighted by Gasteiger charge is 2.26. The molecule has 0 spiro atoms. The number of nitrogens with zero attached hydrogens (tertiary/aromatic N) is 3. The van der Waals surface area contributed by atoms with E-state index in [1.165, 1.54) is 12.1 Å². The Morgan fingerprint density at radius 3 is 2.79 bits per heavy atom. The van der Waals surface area contributed by atoms with E-state index in [0.29, 0.717) is 11.6 Å². The maximum Gasteiger partial charge on any atom is 0.242 e. The average molecular weight is 467 g/mol. The lowest BCUT2D eigenvalue weighted by molar-refractivity contribution is -0.124. The summed E-state index contributed by atoms with van der Waals surface area (Å²) < 4.78 is 14.9. The highest BCUT2D eigenvalue weighted by atomic mass is 35.5. The van der Waals surface area contributed by atoms with E-state index in [2.05, 4.69) is 20.6 Å². The lowest BCUT2D eigenvalue weighted by atomic mass is 10.0. The van der Waals surface area contributed by atoms with E-state index in [1.807, 2.05) is 13.2 Å². The summed E-state index contributed by atoms with van der Waals surface area (Å²) in [5.41, 5.74) is 1.73. The Balaban J connectivity index is 0.00000210. The third-order valence-corrected chi connectivity index (χ3v) is 5.22. The normalized spacial score (nSPS) is 17.7. The average Bonchev–Trinajstić information content (AvgIpc) is 3.04. The highest BCUT2D eigenvalue weighted by Crippen LogP contribution is 2.21. The number of amides is 1. The summed E-state index contributed by atoms with van der Waals surface area (Å²) in [4.78, 5) is 15.0. The van der Waals surface area contributed by atoms with Gasteiger partial charge in [-0.05, 0) is 44.1 Å². The molecule has 2 unspecified atom stereocenters. The number of piperidine rings is 1. The maximum atomic E-state index is 13.2. The van der Waals surface area contributed by atoms with Crippen LogP contribution in [0.3, 0.4) is 0 Å². The Bertz CT molecular complexity index is 804. The first-order chi connectivity index (χ1) is 13.0. The molecular formula is C19H27Cl3FN5O. The Labute approximate surface area is 188 Å². The van der Waals surface area contributed by atoms with Crippen LogP contribution in [0.15, 0.2) is 30.6 Å². The van der Waals surface area contributed by atoms with Gasteiger partial charge in [-0.3, -0.25) is 14.4 Å². The predicted octanol–water partition coefficient (Wildman–Crippen LogP) is 3.10. The lowest BCUT2D eigenvalue weighted by Gasteiger charge is -2.34. The predicted molar refractivity (Wildman–Crippen MR) is 117 cm³/mol. The molecule has 2 atom stereocenters. The number of carbonyl (C=O) groups is 1. The van der Waals surface area contributed by atoms with Gasteiger partial charge in [0, 0.05) is 43.0 Å². The Morgan fingerprint density at radius 1 is 1.41 bits per heavy atom. The number of hydrogen-bond acceptors (Lipinski definition) is 4. The quantitative estimate of drug-likeness (QED) is 0.687. The largest absolute Gasteiger partial charge is 0.350 e. The summed E-state index contributed by atoms with van der Waals surface area (Å²) in [6.45, 7) is 2.31. The van der Waals surface area contributed by atoms with Crippen molar-refractivity contribution in [3.8, 4) is 0 Å². The van der Waals surface area contributed by atoms with Gasteiger partial charge in [-0.1, -0.05) is 17.7 Å². The summed E-state index contributed by atoms with van der Waals surface area (Å²) in [5, 5.41) is 10.8. The van der Waals surface area contributed by atoms with Crippen LogP contribution in [0.4, 0.5) is 4.39 Å². The molecule has 162 valence electrons. The van der Waals surface area contributed by atoms with E-state index in [-0.39, 0.29) is 42.6 Å². The zero-order chi connectivity index (χ0) is 19.4. The smallest absolute Gasteiger partial charge is 0.242 e. The van der Waals surface area contributed by atoms with Crippen molar-refractivity contribution < 1.29 is 9.18 Å². The summed E-state index contributed by atoms with van der Waals surface area (Å²) in [7, 11) is 3.59. The second-order valence-corrected chi connectivity index (χ2v) is 7.39. The van der Waals surface area contributed by atoms with Crippen molar-refractivity contribution in [2.45, 2.75) is 31.5 Å². The fourth-order valence-corrected chi connectivity index (χ4v) is 3.76. The second-order valence-electron chi connectivity index (χ2n) is 6.99. The SMILES string of the molecule is CNC(C(=O)NC1CCCN(Cc2ccc(F)cc2Cl)C1)c1cnn(C)c1.Cl.Cl. The molecule has 1 amide bonds. The topological polar surface area (TPSA) is 62.2 Å². The van der Waals surface area contributed by atoms with Gasteiger partial charge in [0.25, 0.3) is 0 Å². The Morgan fingerprint density at radius 2 is 2.17 bits per heavy atom. The molecule has 1 fully saturated rings. The number of rotatable bonds is 6. The molecule has 2 aromatic rings. The van der Waals surface area contributed by atoms with Gasteiger partial charge in [0.2, 0.25) is 5.91 Å². The van der Waals surface area contributed by atoms with E-state index in [9.17, 15) is 9.18 Å². The zero-order valence-electron chi connectivity index (χ0n) is 16.4. The van der Waals surface area contributed by atoms with E-state index in [0.717, 1.165) is 37.1 Å². The van der Waals surface area contributed by atoms with Crippen molar-refractivity contribution in [2.24, 2.45) is 7.05 Å². The second kappa shape index (κ2) is 11.7. The zero-order valence-corrected chi connectivity index (χ0v) is 18.8. The Hall–Kier alpha value is -1.38. The van der Waals surface area contributed by atoms with Gasteiger partial charge in [0.15, 0.2) is 0 Å². The minimum Gasteiger partial charge on any atom is -0.350 e. The molecule has 1 aromatic carbocycles. The number of halogens is 4. The summed E-state index contributed by atoms with van der Waals surface area (Å²) in [6, 6.07) is 4.12. The number of likely N-dealkylation sites (tertiary alicyclic amines) is 1. The first-order valence-electron chi connectivity index (χ1n) is 9.08. The van der Waals surface area contributed by atoms with Gasteiger partial charge in [-0.2, -0.15) is 5.10 Å². The summed E-state index contributed by atoms with van der Waals surface area (Å²) >= 11 is 6.15. The molecule has 0 bridgehead atoms. The third-order valence-electron chi connectivity index (χ3n) is 4.87. The number of likely N-dealkylation sites (N-methyl/N-ethyl adjacent to an activating group) is 1. The molecule has 1 aromatic heterocycles. The summed E-state index contributed by atoms with van der Waals surface area (Å²) in [5.74, 6) is -0.391. The van der Waals surface area contributed by atoms with Crippen molar-refractivity contribution in [1.82, 2.24) is 25.3 Å². The monoisotopic (exact) mass is 465 g/mol. The van der Waals surface area contributed by atoms with Crippen LogP contribution >= 0.6 is 36.4 Å². The van der Waals surface area contributed by atoms with Crippen LogP contribution in [-0.4, -0.2) is 46.8 Å². The Kier molecular flexibility index (Phi) is 10.4. The molecule has 10 heteroatoms. The van der Waals surface area contributed by atoms with Gasteiger partial charge in [-0.25, -0.2) is 4.39 Å². The number of aryl methyl sites for hydroxylation is 1. The first kappa shape index (κ1) is 25.7. The molecule has 3 rings (SSSR count). The van der Waals surface area contributed by atoms with E-state index < -0.39 is 6.04 Å². The molecule has 2 N–H and O–H groups in total. The van der Waals surface area contributed by atoms with Crippen LogP contribution in [0, 0.1) is 5.82 Å². The van der Waals surface area contributed by atoms with Crippen LogP contribution in [0.25, 0.3) is 0 Å². The van der Waals surface area contributed by atoms with Gasteiger partial charge in [0.05, 0.1) is 6.20 Å². The highest BCUT2D eigenvalue weighted by molar-refractivity contribution is 6.31. The number of benzene rings is 1. The molecule has 29 heavy (non-hydrogen) atoms. The van der Waals surface area contributed by atoms with Gasteiger partial charge in [-0.15, -0.1) is 24.8 Å². The molecule has 1 saturated heterocycles. The van der Waals surface area contributed by atoms with Crippen LogP contribution in [0.2, 0.25) is 5.02 Å². The molecule has 6 nitrogen and oxygen atoms in total. The van der Waals surface area contributed by atoms with E-state index in [1.54, 1.807) is 24.0 Å². The van der Waals surface area contributed by atoms with Crippen molar-refractivity contribution in [3.05, 3.63) is 52.6 Å². The third kappa shape index (κ3) is 6.83. The lowest BCUT2D eigenvalue weighted by Crippen LogP contribution is -2.49. The number of hydrogen-bond donors (Lipinski definition) is 2. The standard InChI is InChI=1S/C19H25ClFN5O.2ClH/c1-22-18(14-9-23-25(2)10-14)19(27)24-16-4-3-7-26(12-16)11-13-5-6-15(21)8-17(13)20;;/h5-6,8-10,16,18,22H,3-4,7,11-12H2,1-2H3,(H,24,27);2*1H. The van der Waals surface area contributed by atoms with E-state index in [4.69, 9.17) is 11.6 Å². The number of aromatic nitrogens is 2. The fraction of sp³-hybridized carbons (Fsp3) is 0.474. The van der Waals surface area contributed by atoms with E-state index >= 15 is 0 Å². The van der Waals surface area contributed by atoms with Crippen molar-refractivity contribution in [2.75, 3.05) is 20.1 Å². The van der Waals surface area contributed by atoms with Crippen molar-refractivity contribution >= 4 is 42.3 Å². The van der Waals surface area contributed by atoms with Crippen LogP contribution < -0.4 is 10.6 Å². The van der Waals surface area contributed by atoms with Gasteiger partial charge in [0.1, 0.15) is 11.9 Å². The number of carbonyl (C=O) groups excluding carboxylic acids is 1. The fourth-order valence-electron chi connectivity index (χ4n) is 3.53. The molecule has 1 aliphatic heterocycles. The van der Waals surface area contributed by atoms with Crippen LogP contribution in [0.5, 0.6) is 0 Å². The molecule has 2 heterocycles. The maximum absolute atomic E-state index is 13.2. The van der Waals surface area contributed by atoms with Gasteiger partial charge >= 0.3 is 0 Å². The number of nitrogens with one attached hydrogen (secondary N) is 2. The van der Waals surface area contributed by atoms with Crippen LogP contribution in [-0.2, 0) is 18.4 Å².